The van der Waals surface area contributed by atoms with Gasteiger partial charge >= 0.3 is 0 Å². The average molecular weight is 396 g/mol. The molecule has 1 aliphatic heterocycles. The van der Waals surface area contributed by atoms with E-state index in [1.54, 1.807) is 6.08 Å². The van der Waals surface area contributed by atoms with Crippen molar-refractivity contribution in [2.45, 2.75) is 13.5 Å². The van der Waals surface area contributed by atoms with E-state index < -0.39 is 0 Å². The number of amides is 1. The van der Waals surface area contributed by atoms with Gasteiger partial charge in [0.2, 0.25) is 6.79 Å². The number of benzene rings is 2. The number of carbonyl (C=O) groups is 1. The van der Waals surface area contributed by atoms with Gasteiger partial charge in [-0.3, -0.25) is 4.79 Å². The van der Waals surface area contributed by atoms with E-state index in [0.29, 0.717) is 36.1 Å². The van der Waals surface area contributed by atoms with Gasteiger partial charge in [0.25, 0.3) is 5.91 Å². The maximum atomic E-state index is 12.4. The number of para-hydroxylation sites is 1. The summed E-state index contributed by atoms with van der Waals surface area (Å²) in [7, 11) is 0. The molecule has 1 aliphatic rings. The lowest BCUT2D eigenvalue weighted by Crippen LogP contribution is -2.19. The molecular formula is C21H20N2O4S. The zero-order chi connectivity index (χ0) is 19.3. The van der Waals surface area contributed by atoms with E-state index in [0.717, 1.165) is 15.8 Å². The topological polar surface area (TPSA) is 62.1 Å². The standard InChI is InChI=1S/C21H20N2O4S/c1-2-25-12-11-23-16-5-3-4-6-19(16)28-21(23)22-20(24)10-8-15-7-9-17-18(13-15)27-14-26-17/h3-10,13H,2,11-12,14H2,1H3/b10-8-,22-21?. The third-order valence-electron chi connectivity index (χ3n) is 4.27. The van der Waals surface area contributed by atoms with Gasteiger partial charge in [-0.1, -0.05) is 29.5 Å². The Morgan fingerprint density at radius 2 is 2.11 bits per heavy atom. The highest BCUT2D eigenvalue weighted by Gasteiger charge is 2.12. The SMILES string of the molecule is CCOCCn1c(=NC(=O)/C=C\c2ccc3c(c2)OCO3)sc2ccccc21. The van der Waals surface area contributed by atoms with Gasteiger partial charge in [-0.05, 0) is 42.8 Å². The lowest BCUT2D eigenvalue weighted by atomic mass is 10.2. The second-order valence-electron chi connectivity index (χ2n) is 6.10. The lowest BCUT2D eigenvalue weighted by Gasteiger charge is -2.04. The molecule has 0 saturated carbocycles. The molecule has 6 nitrogen and oxygen atoms in total. The van der Waals surface area contributed by atoms with Gasteiger partial charge in [0.15, 0.2) is 16.3 Å². The molecule has 0 spiro atoms. The second-order valence-corrected chi connectivity index (χ2v) is 7.11. The van der Waals surface area contributed by atoms with E-state index in [4.69, 9.17) is 14.2 Å². The zero-order valence-electron chi connectivity index (χ0n) is 15.5. The molecule has 1 aromatic heterocycles. The molecule has 0 N–H and O–H groups in total. The van der Waals surface area contributed by atoms with E-state index in [2.05, 4.69) is 4.99 Å². The van der Waals surface area contributed by atoms with Crippen LogP contribution in [0.2, 0.25) is 0 Å². The summed E-state index contributed by atoms with van der Waals surface area (Å²) in [5.74, 6) is 1.09. The Bertz CT molecular complexity index is 1100. The molecule has 0 saturated heterocycles. The number of hydrogen-bond acceptors (Lipinski definition) is 5. The van der Waals surface area contributed by atoms with E-state index in [1.807, 2.05) is 54.0 Å². The second kappa shape index (κ2) is 8.41. The van der Waals surface area contributed by atoms with Crippen molar-refractivity contribution >= 4 is 33.5 Å². The predicted octanol–water partition coefficient (Wildman–Crippen LogP) is 3.61. The summed E-state index contributed by atoms with van der Waals surface area (Å²) in [5.41, 5.74) is 1.91. The summed E-state index contributed by atoms with van der Waals surface area (Å²) in [6, 6.07) is 13.6. The predicted molar refractivity (Wildman–Crippen MR) is 108 cm³/mol. The molecule has 0 aliphatic carbocycles. The van der Waals surface area contributed by atoms with Crippen LogP contribution in [0.4, 0.5) is 0 Å². The quantitative estimate of drug-likeness (QED) is 0.472. The monoisotopic (exact) mass is 396 g/mol. The first kappa shape index (κ1) is 18.5. The minimum absolute atomic E-state index is 0.227. The maximum Gasteiger partial charge on any atom is 0.272 e. The third kappa shape index (κ3) is 4.00. The normalized spacial score (nSPS) is 13.7. The fourth-order valence-corrected chi connectivity index (χ4v) is 4.00. The molecule has 7 heteroatoms. The summed E-state index contributed by atoms with van der Waals surface area (Å²) in [5, 5.41) is 0. The van der Waals surface area contributed by atoms with Crippen LogP contribution in [0.5, 0.6) is 11.5 Å². The number of aromatic nitrogens is 1. The summed E-state index contributed by atoms with van der Waals surface area (Å²) >= 11 is 1.50. The first-order valence-corrected chi connectivity index (χ1v) is 9.89. The van der Waals surface area contributed by atoms with E-state index in [-0.39, 0.29) is 12.7 Å². The minimum Gasteiger partial charge on any atom is -0.454 e. The van der Waals surface area contributed by atoms with Crippen molar-refractivity contribution in [3.05, 3.63) is 58.9 Å². The molecule has 3 aromatic rings. The Kier molecular flexibility index (Phi) is 5.55. The van der Waals surface area contributed by atoms with Crippen molar-refractivity contribution in [3.8, 4) is 11.5 Å². The maximum absolute atomic E-state index is 12.4. The smallest absolute Gasteiger partial charge is 0.272 e. The summed E-state index contributed by atoms with van der Waals surface area (Å²) < 4.78 is 19.3. The minimum atomic E-state index is -0.311. The molecule has 0 radical (unpaired) electrons. The molecule has 4 rings (SSSR count). The zero-order valence-corrected chi connectivity index (χ0v) is 16.3. The Balaban J connectivity index is 1.59. The summed E-state index contributed by atoms with van der Waals surface area (Å²) in [6.45, 7) is 4.07. The molecule has 0 fully saturated rings. The van der Waals surface area contributed by atoms with Crippen LogP contribution < -0.4 is 14.3 Å². The molecule has 1 amide bonds. The number of fused-ring (bicyclic) bond motifs is 2. The van der Waals surface area contributed by atoms with E-state index >= 15 is 0 Å². The van der Waals surface area contributed by atoms with Gasteiger partial charge in [-0.15, -0.1) is 0 Å². The number of rotatable bonds is 6. The Morgan fingerprint density at radius 3 is 3.00 bits per heavy atom. The van der Waals surface area contributed by atoms with Crippen molar-refractivity contribution in [3.63, 3.8) is 0 Å². The van der Waals surface area contributed by atoms with Gasteiger partial charge in [0.1, 0.15) is 0 Å². The molecule has 2 heterocycles. The highest BCUT2D eigenvalue weighted by Crippen LogP contribution is 2.32. The van der Waals surface area contributed by atoms with Crippen LogP contribution in [0.1, 0.15) is 12.5 Å². The Hall–Kier alpha value is -2.90. The fraction of sp³-hybridized carbons (Fsp3) is 0.238. The summed E-state index contributed by atoms with van der Waals surface area (Å²) in [4.78, 5) is 17.4. The number of thiazole rings is 1. The van der Waals surface area contributed by atoms with Crippen LogP contribution in [-0.4, -0.2) is 30.5 Å². The van der Waals surface area contributed by atoms with Crippen molar-refractivity contribution in [1.29, 1.82) is 0 Å². The Labute approximate surface area is 166 Å². The molecule has 144 valence electrons. The molecule has 0 bridgehead atoms. The number of carbonyl (C=O) groups excluding carboxylic acids is 1. The molecule has 0 atom stereocenters. The molecule has 2 aromatic carbocycles. The van der Waals surface area contributed by atoms with Gasteiger partial charge in [0.05, 0.1) is 16.8 Å². The fourth-order valence-electron chi connectivity index (χ4n) is 2.94. The number of nitrogens with zero attached hydrogens (tertiary/aromatic N) is 2. The lowest BCUT2D eigenvalue weighted by molar-refractivity contribution is -0.113. The average Bonchev–Trinajstić information content (AvgIpc) is 3.31. The van der Waals surface area contributed by atoms with Gasteiger partial charge < -0.3 is 18.8 Å². The Morgan fingerprint density at radius 1 is 1.25 bits per heavy atom. The third-order valence-corrected chi connectivity index (χ3v) is 5.33. The van der Waals surface area contributed by atoms with Crippen LogP contribution in [-0.2, 0) is 16.1 Å². The van der Waals surface area contributed by atoms with Crippen molar-refractivity contribution < 1.29 is 19.0 Å². The highest BCUT2D eigenvalue weighted by atomic mass is 32.1. The van der Waals surface area contributed by atoms with Crippen molar-refractivity contribution in [2.24, 2.45) is 4.99 Å². The molecule has 0 unspecified atom stereocenters. The highest BCUT2D eigenvalue weighted by molar-refractivity contribution is 7.16. The van der Waals surface area contributed by atoms with Crippen LogP contribution >= 0.6 is 11.3 Å². The van der Waals surface area contributed by atoms with Gasteiger partial charge in [-0.2, -0.15) is 4.99 Å². The molecular weight excluding hydrogens is 376 g/mol. The van der Waals surface area contributed by atoms with E-state index in [9.17, 15) is 4.79 Å². The summed E-state index contributed by atoms with van der Waals surface area (Å²) in [6.07, 6.45) is 3.19. The van der Waals surface area contributed by atoms with Crippen molar-refractivity contribution in [2.75, 3.05) is 20.0 Å². The van der Waals surface area contributed by atoms with Crippen LogP contribution in [0, 0.1) is 0 Å². The van der Waals surface area contributed by atoms with Crippen LogP contribution in [0.15, 0.2) is 53.5 Å². The molecule has 28 heavy (non-hydrogen) atoms. The van der Waals surface area contributed by atoms with Crippen LogP contribution in [0.3, 0.4) is 0 Å². The van der Waals surface area contributed by atoms with Crippen LogP contribution in [0.25, 0.3) is 16.3 Å². The largest absolute Gasteiger partial charge is 0.454 e. The first-order valence-electron chi connectivity index (χ1n) is 9.07. The van der Waals surface area contributed by atoms with Gasteiger partial charge in [-0.25, -0.2) is 0 Å². The number of hydrogen-bond donors (Lipinski definition) is 0. The number of ether oxygens (including phenoxy) is 3. The van der Waals surface area contributed by atoms with Crippen molar-refractivity contribution in [1.82, 2.24) is 4.57 Å². The van der Waals surface area contributed by atoms with Gasteiger partial charge in [0, 0.05) is 19.2 Å². The first-order chi connectivity index (χ1) is 13.7. The van der Waals surface area contributed by atoms with E-state index in [1.165, 1.54) is 17.4 Å².